The van der Waals surface area contributed by atoms with E-state index in [-0.39, 0.29) is 11.8 Å². The molecule has 0 radical (unpaired) electrons. The monoisotopic (exact) mass is 271 g/mol. The van der Waals surface area contributed by atoms with E-state index in [0.29, 0.717) is 23.8 Å². The van der Waals surface area contributed by atoms with Gasteiger partial charge in [0.15, 0.2) is 0 Å². The molecule has 1 fully saturated rings. The minimum absolute atomic E-state index is 0.0432. The molecule has 1 saturated heterocycles. The van der Waals surface area contributed by atoms with Gasteiger partial charge in [-0.1, -0.05) is 11.6 Å². The molecule has 2 rings (SSSR count). The van der Waals surface area contributed by atoms with Gasteiger partial charge in [-0.25, -0.2) is 0 Å². The van der Waals surface area contributed by atoms with Crippen molar-refractivity contribution in [2.24, 2.45) is 0 Å². The zero-order valence-corrected chi connectivity index (χ0v) is 10.8. The highest BCUT2D eigenvalue weighted by atomic mass is 35.5. The Morgan fingerprint density at radius 3 is 2.72 bits per heavy atom. The zero-order valence-electron chi connectivity index (χ0n) is 10.0. The van der Waals surface area contributed by atoms with Crippen LogP contribution in [0.2, 0.25) is 5.02 Å². The summed E-state index contributed by atoms with van der Waals surface area (Å²) in [5, 5.41) is 11.3. The Labute approximate surface area is 110 Å². The molecule has 1 aliphatic heterocycles. The van der Waals surface area contributed by atoms with Gasteiger partial charge in [0.1, 0.15) is 11.9 Å². The Bertz CT molecular complexity index is 447. The van der Waals surface area contributed by atoms with Crippen molar-refractivity contribution < 1.29 is 9.66 Å². The zero-order chi connectivity index (χ0) is 13.1. The third kappa shape index (κ3) is 2.54. The summed E-state index contributed by atoms with van der Waals surface area (Å²) < 4.78 is 5.28. The molecule has 1 aliphatic rings. The maximum absolute atomic E-state index is 11.0. The Morgan fingerprint density at radius 2 is 2.17 bits per heavy atom. The molecule has 6 nitrogen and oxygen atoms in total. The van der Waals surface area contributed by atoms with Crippen LogP contribution >= 0.6 is 11.6 Å². The van der Waals surface area contributed by atoms with E-state index in [1.165, 1.54) is 12.4 Å². The molecule has 98 valence electrons. The molecule has 0 atom stereocenters. The number of hydrogen-bond donors (Lipinski definition) is 0. The number of hydrogen-bond acceptors (Lipinski definition) is 5. The first-order valence-electron chi connectivity index (χ1n) is 5.69. The van der Waals surface area contributed by atoms with Crippen molar-refractivity contribution in [3.05, 3.63) is 27.5 Å². The average Bonchev–Trinajstić information content (AvgIpc) is 2.38. The molecule has 1 aromatic rings. The van der Waals surface area contributed by atoms with Crippen molar-refractivity contribution in [1.29, 1.82) is 0 Å². The second kappa shape index (κ2) is 5.49. The Morgan fingerprint density at radius 1 is 1.50 bits per heavy atom. The van der Waals surface area contributed by atoms with Gasteiger partial charge in [-0.3, -0.25) is 15.1 Å². The van der Waals surface area contributed by atoms with Crippen molar-refractivity contribution in [1.82, 2.24) is 4.98 Å². The molecule has 0 amide bonds. The normalized spacial score (nSPS) is 16.9. The number of rotatable bonds is 3. The van der Waals surface area contributed by atoms with Crippen LogP contribution in [0.25, 0.3) is 0 Å². The van der Waals surface area contributed by atoms with Crippen LogP contribution < -0.4 is 4.90 Å². The average molecular weight is 272 g/mol. The highest BCUT2D eigenvalue weighted by Crippen LogP contribution is 2.36. The Hall–Kier alpha value is -1.40. The predicted molar refractivity (Wildman–Crippen MR) is 68.1 cm³/mol. The number of piperidine rings is 1. The summed E-state index contributed by atoms with van der Waals surface area (Å²) in [6.07, 6.45) is 4.58. The maximum Gasteiger partial charge on any atom is 0.312 e. The van der Waals surface area contributed by atoms with Gasteiger partial charge in [0.2, 0.25) is 0 Å². The quantitative estimate of drug-likeness (QED) is 0.623. The number of nitrogens with zero attached hydrogens (tertiary/aromatic N) is 3. The summed E-state index contributed by atoms with van der Waals surface area (Å²) in [6, 6.07) is 0. The summed E-state index contributed by atoms with van der Waals surface area (Å²) in [6.45, 7) is 1.39. The molecule has 0 N–H and O–H groups in total. The third-order valence-electron chi connectivity index (χ3n) is 3.14. The van der Waals surface area contributed by atoms with Crippen LogP contribution in [0, 0.1) is 10.1 Å². The first-order chi connectivity index (χ1) is 8.63. The fourth-order valence-corrected chi connectivity index (χ4v) is 2.45. The predicted octanol–water partition coefficient (Wildman–Crippen LogP) is 2.26. The Kier molecular flexibility index (Phi) is 3.98. The maximum atomic E-state index is 11.0. The van der Waals surface area contributed by atoms with Crippen LogP contribution in [-0.2, 0) is 4.74 Å². The van der Waals surface area contributed by atoms with E-state index in [4.69, 9.17) is 16.3 Å². The second-order valence-corrected chi connectivity index (χ2v) is 4.58. The van der Waals surface area contributed by atoms with Crippen LogP contribution in [0.15, 0.2) is 12.4 Å². The van der Waals surface area contributed by atoms with E-state index in [9.17, 15) is 10.1 Å². The lowest BCUT2D eigenvalue weighted by molar-refractivity contribution is -0.384. The fourth-order valence-electron chi connectivity index (χ4n) is 2.18. The lowest BCUT2D eigenvalue weighted by atomic mass is 10.1. The van der Waals surface area contributed by atoms with Crippen LogP contribution in [0.1, 0.15) is 12.8 Å². The van der Waals surface area contributed by atoms with E-state index in [1.54, 1.807) is 7.11 Å². The standard InChI is InChI=1S/C11H14ClN3O3/c1-18-8-2-4-14(5-3-8)11-9(12)6-13-7-10(11)15(16)17/h6-8H,2-5H2,1H3. The van der Waals surface area contributed by atoms with E-state index in [0.717, 1.165) is 12.8 Å². The topological polar surface area (TPSA) is 68.5 Å². The summed E-state index contributed by atoms with van der Waals surface area (Å²) in [5.41, 5.74) is 0.421. The molecule has 0 bridgehead atoms. The molecule has 2 heterocycles. The first kappa shape index (κ1) is 13.0. The van der Waals surface area contributed by atoms with Crippen molar-refractivity contribution in [3.63, 3.8) is 0 Å². The number of anilines is 1. The molecule has 0 aromatic carbocycles. The lowest BCUT2D eigenvalue weighted by Crippen LogP contribution is -2.37. The van der Waals surface area contributed by atoms with Crippen LogP contribution in [-0.4, -0.2) is 36.2 Å². The number of methoxy groups -OCH3 is 1. The third-order valence-corrected chi connectivity index (χ3v) is 3.42. The van der Waals surface area contributed by atoms with Crippen molar-refractivity contribution in [3.8, 4) is 0 Å². The van der Waals surface area contributed by atoms with Gasteiger partial charge in [-0.15, -0.1) is 0 Å². The minimum atomic E-state index is -0.448. The minimum Gasteiger partial charge on any atom is -0.381 e. The van der Waals surface area contributed by atoms with Crippen LogP contribution in [0.3, 0.4) is 0 Å². The van der Waals surface area contributed by atoms with Gasteiger partial charge in [0, 0.05) is 26.4 Å². The van der Waals surface area contributed by atoms with Gasteiger partial charge in [-0.05, 0) is 12.8 Å². The number of halogens is 1. The number of nitro groups is 1. The summed E-state index contributed by atoms with van der Waals surface area (Å²) in [7, 11) is 1.68. The molecule has 0 saturated carbocycles. The van der Waals surface area contributed by atoms with Crippen molar-refractivity contribution in [2.75, 3.05) is 25.1 Å². The van der Waals surface area contributed by atoms with E-state index >= 15 is 0 Å². The molecule has 18 heavy (non-hydrogen) atoms. The SMILES string of the molecule is COC1CCN(c2c(Cl)cncc2[N+](=O)[O-])CC1. The van der Waals surface area contributed by atoms with Gasteiger partial charge >= 0.3 is 5.69 Å². The van der Waals surface area contributed by atoms with E-state index in [1.807, 2.05) is 4.90 Å². The first-order valence-corrected chi connectivity index (χ1v) is 6.07. The van der Waals surface area contributed by atoms with Gasteiger partial charge < -0.3 is 9.64 Å². The largest absolute Gasteiger partial charge is 0.381 e. The fraction of sp³-hybridized carbons (Fsp3) is 0.545. The number of aromatic nitrogens is 1. The molecule has 1 aromatic heterocycles. The Balaban J connectivity index is 2.26. The van der Waals surface area contributed by atoms with Gasteiger partial charge in [-0.2, -0.15) is 0 Å². The highest BCUT2D eigenvalue weighted by Gasteiger charge is 2.27. The van der Waals surface area contributed by atoms with E-state index in [2.05, 4.69) is 4.98 Å². The second-order valence-electron chi connectivity index (χ2n) is 4.17. The molecule has 7 heteroatoms. The smallest absolute Gasteiger partial charge is 0.312 e. The number of pyridine rings is 1. The summed E-state index contributed by atoms with van der Waals surface area (Å²) >= 11 is 6.04. The lowest BCUT2D eigenvalue weighted by Gasteiger charge is -2.32. The van der Waals surface area contributed by atoms with Gasteiger partial charge in [0.05, 0.1) is 16.0 Å². The molecular formula is C11H14ClN3O3. The van der Waals surface area contributed by atoms with Crippen molar-refractivity contribution >= 4 is 23.0 Å². The molecular weight excluding hydrogens is 258 g/mol. The number of ether oxygens (including phenoxy) is 1. The van der Waals surface area contributed by atoms with Crippen molar-refractivity contribution in [2.45, 2.75) is 18.9 Å². The van der Waals surface area contributed by atoms with Crippen LogP contribution in [0.4, 0.5) is 11.4 Å². The highest BCUT2D eigenvalue weighted by molar-refractivity contribution is 6.33. The summed E-state index contributed by atoms with van der Waals surface area (Å²) in [4.78, 5) is 16.2. The van der Waals surface area contributed by atoms with Gasteiger partial charge in [0.25, 0.3) is 0 Å². The van der Waals surface area contributed by atoms with E-state index < -0.39 is 4.92 Å². The summed E-state index contributed by atoms with van der Waals surface area (Å²) in [5.74, 6) is 0. The molecule has 0 unspecified atom stereocenters. The van der Waals surface area contributed by atoms with Crippen LogP contribution in [0.5, 0.6) is 0 Å². The molecule has 0 aliphatic carbocycles. The molecule has 0 spiro atoms.